The van der Waals surface area contributed by atoms with E-state index in [2.05, 4.69) is 52.6 Å². The van der Waals surface area contributed by atoms with Crippen LogP contribution in [0.25, 0.3) is 0 Å². The molecular formula is C16H24BrN. The Morgan fingerprint density at radius 1 is 1.17 bits per heavy atom. The lowest BCUT2D eigenvalue weighted by Crippen LogP contribution is -2.35. The first-order chi connectivity index (χ1) is 8.81. The highest BCUT2D eigenvalue weighted by Crippen LogP contribution is 2.28. The molecule has 0 spiro atoms. The van der Waals surface area contributed by atoms with Crippen LogP contribution < -0.4 is 5.32 Å². The van der Waals surface area contributed by atoms with Gasteiger partial charge in [-0.3, -0.25) is 0 Å². The van der Waals surface area contributed by atoms with E-state index < -0.39 is 0 Å². The van der Waals surface area contributed by atoms with Crippen LogP contribution in [0.5, 0.6) is 0 Å². The van der Waals surface area contributed by atoms with Crippen LogP contribution in [0.1, 0.15) is 44.1 Å². The Morgan fingerprint density at radius 3 is 2.44 bits per heavy atom. The molecule has 1 aromatic carbocycles. The Labute approximate surface area is 119 Å². The molecule has 0 aliphatic heterocycles. The first-order valence-electron chi connectivity index (χ1n) is 7.22. The van der Waals surface area contributed by atoms with Gasteiger partial charge in [-0.15, -0.1) is 0 Å². The zero-order chi connectivity index (χ0) is 12.8. The Bertz CT molecular complexity index is 356. The number of nitrogens with one attached hydrogen (secondary N) is 1. The second-order valence-electron chi connectivity index (χ2n) is 5.44. The smallest absolute Gasteiger partial charge is 0.0207 e. The van der Waals surface area contributed by atoms with Crippen molar-refractivity contribution in [2.75, 3.05) is 7.05 Å². The van der Waals surface area contributed by atoms with Crippen molar-refractivity contribution >= 4 is 15.9 Å². The Hall–Kier alpha value is -0.340. The Morgan fingerprint density at radius 2 is 1.83 bits per heavy atom. The predicted octanol–water partition coefficient (Wildman–Crippen LogP) is 4.55. The first-order valence-corrected chi connectivity index (χ1v) is 8.01. The molecule has 2 heteroatoms. The van der Waals surface area contributed by atoms with Crippen LogP contribution in [0, 0.1) is 5.92 Å². The average Bonchev–Trinajstić information content (AvgIpc) is 2.67. The van der Waals surface area contributed by atoms with Crippen LogP contribution in [0.3, 0.4) is 0 Å². The molecular weight excluding hydrogens is 286 g/mol. The molecule has 0 bridgehead atoms. The standard InChI is InChI=1S/C16H24BrN/c1-18-16(13-8-4-2-3-5-9-13)12-14-10-6-7-11-15(14)17/h6-7,10-11,13,16,18H,2-5,8-9,12H2,1H3. The van der Waals surface area contributed by atoms with E-state index in [1.54, 1.807) is 0 Å². The van der Waals surface area contributed by atoms with Crippen LogP contribution in [-0.4, -0.2) is 13.1 Å². The lowest BCUT2D eigenvalue weighted by molar-refractivity contribution is 0.332. The average molecular weight is 310 g/mol. The van der Waals surface area contributed by atoms with E-state index in [-0.39, 0.29) is 0 Å². The van der Waals surface area contributed by atoms with Crippen molar-refractivity contribution in [3.63, 3.8) is 0 Å². The van der Waals surface area contributed by atoms with Crippen LogP contribution in [-0.2, 0) is 6.42 Å². The van der Waals surface area contributed by atoms with Gasteiger partial charge in [-0.1, -0.05) is 59.8 Å². The van der Waals surface area contributed by atoms with Crippen molar-refractivity contribution in [2.45, 2.75) is 51.0 Å². The first kappa shape index (κ1) is 14.1. The summed E-state index contributed by atoms with van der Waals surface area (Å²) < 4.78 is 1.25. The van der Waals surface area contributed by atoms with Crippen molar-refractivity contribution in [3.8, 4) is 0 Å². The molecule has 1 fully saturated rings. The molecule has 1 atom stereocenters. The molecule has 0 aromatic heterocycles. The van der Waals surface area contributed by atoms with Gasteiger partial charge in [-0.05, 0) is 43.9 Å². The molecule has 0 radical (unpaired) electrons. The van der Waals surface area contributed by atoms with E-state index in [0.29, 0.717) is 6.04 Å². The van der Waals surface area contributed by atoms with Crippen molar-refractivity contribution in [1.82, 2.24) is 5.32 Å². The second kappa shape index (κ2) is 7.30. The van der Waals surface area contributed by atoms with Gasteiger partial charge < -0.3 is 5.32 Å². The lowest BCUT2D eigenvalue weighted by Gasteiger charge is -2.26. The zero-order valence-corrected chi connectivity index (χ0v) is 12.9. The maximum atomic E-state index is 3.67. The summed E-state index contributed by atoms with van der Waals surface area (Å²) >= 11 is 3.67. The summed E-state index contributed by atoms with van der Waals surface area (Å²) in [7, 11) is 2.12. The molecule has 1 N–H and O–H groups in total. The van der Waals surface area contributed by atoms with Crippen molar-refractivity contribution in [2.24, 2.45) is 5.92 Å². The van der Waals surface area contributed by atoms with Gasteiger partial charge in [0, 0.05) is 10.5 Å². The van der Waals surface area contributed by atoms with Crippen molar-refractivity contribution in [1.29, 1.82) is 0 Å². The third kappa shape index (κ3) is 3.83. The lowest BCUT2D eigenvalue weighted by atomic mass is 9.88. The summed E-state index contributed by atoms with van der Waals surface area (Å²) in [4.78, 5) is 0. The molecule has 0 saturated heterocycles. The summed E-state index contributed by atoms with van der Waals surface area (Å²) in [5, 5.41) is 3.55. The van der Waals surface area contributed by atoms with Gasteiger partial charge >= 0.3 is 0 Å². The highest BCUT2D eigenvalue weighted by molar-refractivity contribution is 9.10. The van der Waals surface area contributed by atoms with Crippen LogP contribution in [0.15, 0.2) is 28.7 Å². The molecule has 1 aromatic rings. The fraction of sp³-hybridized carbons (Fsp3) is 0.625. The Balaban J connectivity index is 2.02. The maximum absolute atomic E-state index is 3.67. The molecule has 0 heterocycles. The largest absolute Gasteiger partial charge is 0.316 e. The van der Waals surface area contributed by atoms with Gasteiger partial charge in [0.05, 0.1) is 0 Å². The summed E-state index contributed by atoms with van der Waals surface area (Å²) in [6, 6.07) is 9.25. The van der Waals surface area contributed by atoms with Gasteiger partial charge in [0.15, 0.2) is 0 Å². The fourth-order valence-corrected chi connectivity index (χ4v) is 3.57. The molecule has 0 amide bonds. The third-order valence-corrected chi connectivity index (χ3v) is 5.01. The number of hydrogen-bond acceptors (Lipinski definition) is 1. The zero-order valence-electron chi connectivity index (χ0n) is 11.3. The van der Waals surface area contributed by atoms with Gasteiger partial charge in [0.25, 0.3) is 0 Å². The molecule has 1 saturated carbocycles. The summed E-state index contributed by atoms with van der Waals surface area (Å²) in [6.45, 7) is 0. The Kier molecular flexibility index (Phi) is 5.71. The number of rotatable bonds is 4. The van der Waals surface area contributed by atoms with E-state index in [4.69, 9.17) is 0 Å². The SMILES string of the molecule is CNC(Cc1ccccc1Br)C1CCCCCC1. The third-order valence-electron chi connectivity index (χ3n) is 4.24. The monoisotopic (exact) mass is 309 g/mol. The quantitative estimate of drug-likeness (QED) is 0.805. The van der Waals surface area contributed by atoms with Gasteiger partial charge in [0.1, 0.15) is 0 Å². The molecule has 1 unspecified atom stereocenters. The predicted molar refractivity (Wildman–Crippen MR) is 81.9 cm³/mol. The minimum atomic E-state index is 0.627. The van der Waals surface area contributed by atoms with Crippen molar-refractivity contribution < 1.29 is 0 Å². The van der Waals surface area contributed by atoms with E-state index >= 15 is 0 Å². The van der Waals surface area contributed by atoms with E-state index in [1.165, 1.54) is 48.6 Å². The number of halogens is 1. The molecule has 2 rings (SSSR count). The fourth-order valence-electron chi connectivity index (χ4n) is 3.12. The maximum Gasteiger partial charge on any atom is 0.0207 e. The van der Waals surface area contributed by atoms with Crippen LogP contribution in [0.4, 0.5) is 0 Å². The minimum absolute atomic E-state index is 0.627. The molecule has 1 aliphatic rings. The highest BCUT2D eigenvalue weighted by Gasteiger charge is 2.22. The molecule has 18 heavy (non-hydrogen) atoms. The number of hydrogen-bond donors (Lipinski definition) is 1. The molecule has 1 nitrogen and oxygen atoms in total. The topological polar surface area (TPSA) is 12.0 Å². The van der Waals surface area contributed by atoms with Gasteiger partial charge in [-0.2, -0.15) is 0 Å². The summed E-state index contributed by atoms with van der Waals surface area (Å²) in [5.41, 5.74) is 1.43. The number of likely N-dealkylation sites (N-methyl/N-ethyl adjacent to an activating group) is 1. The molecule has 100 valence electrons. The molecule has 1 aliphatic carbocycles. The van der Waals surface area contributed by atoms with Crippen LogP contribution in [0.2, 0.25) is 0 Å². The van der Waals surface area contributed by atoms with Gasteiger partial charge in [0.2, 0.25) is 0 Å². The minimum Gasteiger partial charge on any atom is -0.316 e. The summed E-state index contributed by atoms with van der Waals surface area (Å²) in [6.07, 6.45) is 9.63. The van der Waals surface area contributed by atoms with E-state index in [1.807, 2.05) is 0 Å². The van der Waals surface area contributed by atoms with E-state index in [9.17, 15) is 0 Å². The second-order valence-corrected chi connectivity index (χ2v) is 6.30. The van der Waals surface area contributed by atoms with E-state index in [0.717, 1.165) is 12.3 Å². The summed E-state index contributed by atoms with van der Waals surface area (Å²) in [5.74, 6) is 0.851. The number of benzene rings is 1. The van der Waals surface area contributed by atoms with Crippen molar-refractivity contribution in [3.05, 3.63) is 34.3 Å². The highest BCUT2D eigenvalue weighted by atomic mass is 79.9. The normalized spacial score (nSPS) is 19.4. The van der Waals surface area contributed by atoms with Gasteiger partial charge in [-0.25, -0.2) is 0 Å². The van der Waals surface area contributed by atoms with Crippen LogP contribution >= 0.6 is 15.9 Å².